The van der Waals surface area contributed by atoms with Crippen LogP contribution in [0.4, 0.5) is 0 Å². The Labute approximate surface area is 122 Å². The third-order valence-corrected chi connectivity index (χ3v) is 26.0. The van der Waals surface area contributed by atoms with E-state index in [-0.39, 0.29) is 10.3 Å². The quantitative estimate of drug-likeness (QED) is 0.710. The Morgan fingerprint density at radius 3 is 1.37 bits per heavy atom. The fourth-order valence-corrected chi connectivity index (χ4v) is 31.2. The standard InChI is InChI=1S/3C4H9.C2H3N4.Sn/c3*1-4(2)3;1-6-4-2-3-5-6;/h3*1-3H3;1H3;. The van der Waals surface area contributed by atoms with Crippen molar-refractivity contribution in [2.75, 3.05) is 0 Å². The molecule has 4 nitrogen and oxygen atoms in total. The molecule has 0 amide bonds. The van der Waals surface area contributed by atoms with Gasteiger partial charge in [-0.15, -0.1) is 0 Å². The summed E-state index contributed by atoms with van der Waals surface area (Å²) >= 11 is -3.02. The molecule has 0 spiro atoms. The predicted molar refractivity (Wildman–Crippen MR) is 83.3 cm³/mol. The number of hydrogen-bond donors (Lipinski definition) is 0. The molecule has 0 aliphatic heterocycles. The van der Waals surface area contributed by atoms with Crippen molar-refractivity contribution in [3.05, 3.63) is 0 Å². The van der Waals surface area contributed by atoms with Gasteiger partial charge in [0.25, 0.3) is 0 Å². The number of aromatic nitrogens is 4. The second kappa shape index (κ2) is 4.71. The van der Waals surface area contributed by atoms with Gasteiger partial charge in [0.1, 0.15) is 0 Å². The van der Waals surface area contributed by atoms with Crippen LogP contribution in [0.15, 0.2) is 0 Å². The van der Waals surface area contributed by atoms with Crippen LogP contribution in [0.5, 0.6) is 0 Å². The van der Waals surface area contributed by atoms with Gasteiger partial charge < -0.3 is 0 Å². The molecule has 0 saturated heterocycles. The number of rotatable bonds is 1. The van der Waals surface area contributed by atoms with Gasteiger partial charge in [-0.05, 0) is 0 Å². The summed E-state index contributed by atoms with van der Waals surface area (Å²) in [6, 6.07) is 0. The Balaban J connectivity index is 3.75. The SMILES string of the molecule is Cn1nn[c]([Sn]([C](C)(C)C)([C](C)(C)C)[C](C)(C)C)n1. The van der Waals surface area contributed by atoms with Crippen LogP contribution in [0.1, 0.15) is 62.3 Å². The van der Waals surface area contributed by atoms with E-state index in [2.05, 4.69) is 77.7 Å². The molecular weight excluding hydrogens is 343 g/mol. The minimum atomic E-state index is -3.02. The molecule has 0 atom stereocenters. The van der Waals surface area contributed by atoms with Crippen LogP contribution in [0.2, 0.25) is 10.3 Å². The van der Waals surface area contributed by atoms with Crippen molar-refractivity contribution in [1.29, 1.82) is 0 Å². The van der Waals surface area contributed by atoms with E-state index in [1.807, 2.05) is 7.05 Å². The molecule has 0 bridgehead atoms. The fourth-order valence-electron chi connectivity index (χ4n) is 4.82. The molecule has 0 aliphatic carbocycles. The van der Waals surface area contributed by atoms with Crippen molar-refractivity contribution in [3.63, 3.8) is 0 Å². The van der Waals surface area contributed by atoms with Gasteiger partial charge in [0.05, 0.1) is 0 Å². The Kier molecular flexibility index (Phi) is 4.19. The maximum atomic E-state index is 4.67. The first-order chi connectivity index (χ1) is 8.25. The Morgan fingerprint density at radius 1 is 0.789 bits per heavy atom. The van der Waals surface area contributed by atoms with Gasteiger partial charge in [-0.25, -0.2) is 0 Å². The summed E-state index contributed by atoms with van der Waals surface area (Å²) in [6.45, 7) is 21.3. The summed E-state index contributed by atoms with van der Waals surface area (Å²) in [4.78, 5) is 1.62. The van der Waals surface area contributed by atoms with Gasteiger partial charge in [0.2, 0.25) is 0 Å². The maximum absolute atomic E-state index is 4.67. The molecule has 0 fully saturated rings. The third kappa shape index (κ3) is 2.57. The van der Waals surface area contributed by atoms with Crippen molar-refractivity contribution < 1.29 is 0 Å². The fraction of sp³-hybridized carbons (Fsp3) is 0.929. The molecule has 0 aromatic carbocycles. The van der Waals surface area contributed by atoms with Crippen LogP contribution in [0.3, 0.4) is 0 Å². The molecule has 19 heavy (non-hydrogen) atoms. The van der Waals surface area contributed by atoms with Crippen LogP contribution >= 0.6 is 0 Å². The molecule has 1 rings (SSSR count). The zero-order valence-electron chi connectivity index (χ0n) is 14.3. The second-order valence-corrected chi connectivity index (χ2v) is 27.0. The van der Waals surface area contributed by atoms with Crippen molar-refractivity contribution in [2.24, 2.45) is 7.05 Å². The van der Waals surface area contributed by atoms with Gasteiger partial charge in [0.15, 0.2) is 0 Å². The van der Waals surface area contributed by atoms with Crippen LogP contribution in [-0.2, 0) is 7.05 Å². The molecule has 1 aromatic rings. The number of hydrogen-bond acceptors (Lipinski definition) is 3. The van der Waals surface area contributed by atoms with Gasteiger partial charge in [-0.1, -0.05) is 0 Å². The summed E-state index contributed by atoms with van der Waals surface area (Å²) in [5.74, 6) is 0. The number of nitrogens with zero attached hydrogens (tertiary/aromatic N) is 4. The number of tetrazole rings is 1. The molecule has 0 unspecified atom stereocenters. The topological polar surface area (TPSA) is 43.6 Å². The van der Waals surface area contributed by atoms with E-state index in [0.717, 1.165) is 3.84 Å². The monoisotopic (exact) mass is 374 g/mol. The average molecular weight is 373 g/mol. The first-order valence-corrected chi connectivity index (χ1v) is 12.7. The molecule has 0 aliphatic rings. The summed E-state index contributed by atoms with van der Waals surface area (Å²) in [6.07, 6.45) is 0. The van der Waals surface area contributed by atoms with Crippen molar-refractivity contribution in [3.8, 4) is 0 Å². The van der Waals surface area contributed by atoms with Gasteiger partial charge in [-0.2, -0.15) is 0 Å². The van der Waals surface area contributed by atoms with Crippen LogP contribution in [0, 0.1) is 0 Å². The first kappa shape index (κ1) is 16.9. The van der Waals surface area contributed by atoms with E-state index < -0.39 is 18.4 Å². The van der Waals surface area contributed by atoms with E-state index in [9.17, 15) is 0 Å². The van der Waals surface area contributed by atoms with E-state index in [1.165, 1.54) is 0 Å². The molecular formula is C14H30N4Sn. The van der Waals surface area contributed by atoms with Gasteiger partial charge in [0, 0.05) is 0 Å². The molecule has 0 N–H and O–H groups in total. The van der Waals surface area contributed by atoms with E-state index in [0.29, 0.717) is 0 Å². The average Bonchev–Trinajstić information content (AvgIpc) is 2.43. The van der Waals surface area contributed by atoms with Crippen LogP contribution in [-0.4, -0.2) is 38.6 Å². The van der Waals surface area contributed by atoms with Crippen LogP contribution < -0.4 is 3.84 Å². The summed E-state index contributed by atoms with van der Waals surface area (Å²) in [5.41, 5.74) is 0. The van der Waals surface area contributed by atoms with Crippen molar-refractivity contribution >= 4 is 22.2 Å². The Morgan fingerprint density at radius 2 is 1.16 bits per heavy atom. The zero-order chi connectivity index (χ0) is 15.3. The zero-order valence-corrected chi connectivity index (χ0v) is 17.1. The van der Waals surface area contributed by atoms with Crippen LogP contribution in [0.25, 0.3) is 0 Å². The molecule has 1 aromatic heterocycles. The van der Waals surface area contributed by atoms with Gasteiger partial charge in [-0.3, -0.25) is 0 Å². The van der Waals surface area contributed by atoms with E-state index >= 15 is 0 Å². The van der Waals surface area contributed by atoms with Gasteiger partial charge >= 0.3 is 122 Å². The number of aryl methyl sites for hydroxylation is 1. The minimum absolute atomic E-state index is 0.230. The Bertz CT molecular complexity index is 407. The Hall–Kier alpha value is -0.131. The van der Waals surface area contributed by atoms with Crippen molar-refractivity contribution in [1.82, 2.24) is 20.2 Å². The molecule has 1 heterocycles. The normalized spacial score (nSPS) is 14.8. The molecule has 0 saturated carbocycles. The molecule has 5 heteroatoms. The summed E-state index contributed by atoms with van der Waals surface area (Å²) < 4.78 is 1.75. The second-order valence-electron chi connectivity index (χ2n) is 8.60. The van der Waals surface area contributed by atoms with E-state index in [1.54, 1.807) is 4.80 Å². The van der Waals surface area contributed by atoms with Crippen molar-refractivity contribution in [2.45, 2.75) is 72.6 Å². The predicted octanol–water partition coefficient (Wildman–Crippen LogP) is 3.27. The first-order valence-electron chi connectivity index (χ1n) is 6.99. The molecule has 0 radical (unpaired) electrons. The van der Waals surface area contributed by atoms with E-state index in [4.69, 9.17) is 0 Å². The summed E-state index contributed by atoms with van der Waals surface area (Å²) in [5, 5.41) is 13.3. The third-order valence-electron chi connectivity index (χ3n) is 4.22. The summed E-state index contributed by atoms with van der Waals surface area (Å²) in [7, 11) is 1.86. The molecule has 110 valence electrons.